The number of benzene rings is 1. The lowest BCUT2D eigenvalue weighted by Crippen LogP contribution is -2.34. The molecule has 16 nitrogen and oxygen atoms in total. The zero-order valence-corrected chi connectivity index (χ0v) is 34.8. The van der Waals surface area contributed by atoms with E-state index < -0.39 is 11.9 Å². The van der Waals surface area contributed by atoms with Gasteiger partial charge in [-0.3, -0.25) is 9.80 Å². The van der Waals surface area contributed by atoms with Gasteiger partial charge in [0.2, 0.25) is 0 Å². The molecule has 18 heteroatoms. The maximum absolute atomic E-state index is 12.0. The van der Waals surface area contributed by atoms with Crippen LogP contribution in [0.15, 0.2) is 65.7 Å². The Balaban J connectivity index is 1.44. The number of aromatic nitrogens is 2. The summed E-state index contributed by atoms with van der Waals surface area (Å²) in [7, 11) is 2.62. The highest BCUT2D eigenvalue weighted by molar-refractivity contribution is 7.99. The number of aliphatic hydroxyl groups excluding tert-OH is 2. The summed E-state index contributed by atoms with van der Waals surface area (Å²) in [6.45, 7) is 5.94. The van der Waals surface area contributed by atoms with E-state index in [0.29, 0.717) is 109 Å². The second-order valence-electron chi connectivity index (χ2n) is 12.4. The van der Waals surface area contributed by atoms with Crippen molar-refractivity contribution in [2.45, 2.75) is 19.2 Å². The monoisotopic (exact) mass is 845 g/mol. The highest BCUT2D eigenvalue weighted by atomic mass is 32.2. The van der Waals surface area contributed by atoms with E-state index in [-0.39, 0.29) is 30.7 Å². The van der Waals surface area contributed by atoms with Crippen molar-refractivity contribution in [3.8, 4) is 5.75 Å². The molecule has 1 aromatic carbocycles. The Hall–Kier alpha value is -3.91. The van der Waals surface area contributed by atoms with Crippen LogP contribution in [0.2, 0.25) is 0 Å². The number of nitrogens with zero attached hydrogens (tertiary/aromatic N) is 5. The third-order valence-corrected chi connectivity index (χ3v) is 9.33. The molecule has 1 unspecified atom stereocenters. The number of methoxy groups -OCH3 is 2. The van der Waals surface area contributed by atoms with Crippen molar-refractivity contribution in [3.05, 3.63) is 83.4 Å². The van der Waals surface area contributed by atoms with Gasteiger partial charge in [0.15, 0.2) is 0 Å². The topological polar surface area (TPSA) is 184 Å². The average molecular weight is 846 g/mol. The smallest absolute Gasteiger partial charge is 0.356 e. The normalized spacial score (nSPS) is 11.7. The zero-order chi connectivity index (χ0) is 41.6. The fraction of sp³-hybridized carbons (Fsp3) is 0.525. The quantitative estimate of drug-likeness (QED) is 0.0404. The van der Waals surface area contributed by atoms with E-state index >= 15 is 0 Å². The lowest BCUT2D eigenvalue weighted by molar-refractivity contribution is -0.0176. The van der Waals surface area contributed by atoms with Crippen LogP contribution in [0.25, 0.3) is 0 Å². The summed E-state index contributed by atoms with van der Waals surface area (Å²) in [4.78, 5) is 40.6. The van der Waals surface area contributed by atoms with Crippen molar-refractivity contribution in [2.24, 2.45) is 4.99 Å². The Morgan fingerprint density at radius 3 is 1.88 bits per heavy atom. The molecule has 1 atom stereocenters. The van der Waals surface area contributed by atoms with E-state index in [1.165, 1.54) is 14.2 Å². The minimum absolute atomic E-state index is 0.0457. The summed E-state index contributed by atoms with van der Waals surface area (Å²) in [5.41, 5.74) is 2.51. The van der Waals surface area contributed by atoms with Crippen molar-refractivity contribution in [1.29, 1.82) is 0 Å². The molecule has 0 radical (unpaired) electrons. The number of esters is 2. The van der Waals surface area contributed by atoms with E-state index in [2.05, 4.69) is 32.3 Å². The van der Waals surface area contributed by atoms with Gasteiger partial charge in [0.25, 0.3) is 0 Å². The number of rotatable bonds is 32. The fourth-order valence-corrected chi connectivity index (χ4v) is 6.26. The van der Waals surface area contributed by atoms with E-state index in [0.717, 1.165) is 17.2 Å². The lowest BCUT2D eigenvalue weighted by Gasteiger charge is -2.24. The van der Waals surface area contributed by atoms with Crippen LogP contribution in [0.3, 0.4) is 0 Å². The molecule has 58 heavy (non-hydrogen) atoms. The van der Waals surface area contributed by atoms with E-state index in [1.54, 1.807) is 48.2 Å². The third kappa shape index (κ3) is 20.2. The molecule has 0 saturated carbocycles. The number of thiocarbonyl (C=S) groups is 1. The van der Waals surface area contributed by atoms with Crippen LogP contribution in [0.4, 0.5) is 5.69 Å². The Kier molecular flexibility index (Phi) is 25.2. The first-order valence-electron chi connectivity index (χ1n) is 18.9. The highest BCUT2D eigenvalue weighted by Gasteiger charge is 2.16. The molecule has 318 valence electrons. The van der Waals surface area contributed by atoms with Crippen LogP contribution in [-0.4, -0.2) is 171 Å². The molecular formula is C40H55N5O11S2. The predicted octanol–water partition coefficient (Wildman–Crippen LogP) is 3.32. The van der Waals surface area contributed by atoms with Gasteiger partial charge in [0, 0.05) is 50.8 Å². The summed E-state index contributed by atoms with van der Waals surface area (Å²) < 4.78 is 39.0. The standard InChI is InChI=1S/C40H55N5O11S2/c1-50-39(48)37-7-3-5-33(42-37)27-44(13-17-46)15-19-54-29-36(55-20-16-45(14-18-47)28-34-6-4-8-38(43-34)40(49)51-2)30-58-26-25-53-22-21-52-23-24-56-35-11-9-32(10-12-35)41-31-57/h3-12,36,46-47H,13-30H2,1-2H3. The summed E-state index contributed by atoms with van der Waals surface area (Å²) in [5, 5.41) is 21.7. The largest absolute Gasteiger partial charge is 0.491 e. The van der Waals surface area contributed by atoms with Gasteiger partial charge in [-0.05, 0) is 60.7 Å². The molecule has 3 rings (SSSR count). The number of ether oxygens (including phenoxy) is 7. The number of aliphatic imine (C=N–C) groups is 1. The number of carbonyl (C=O) groups is 2. The van der Waals surface area contributed by atoms with Gasteiger partial charge >= 0.3 is 11.9 Å². The summed E-state index contributed by atoms with van der Waals surface area (Å²) in [5.74, 6) is 1.09. The minimum Gasteiger partial charge on any atom is -0.491 e. The molecule has 0 aliphatic rings. The van der Waals surface area contributed by atoms with Crippen molar-refractivity contribution in [1.82, 2.24) is 19.8 Å². The van der Waals surface area contributed by atoms with Gasteiger partial charge < -0.3 is 43.4 Å². The molecule has 2 aromatic heterocycles. The zero-order valence-electron chi connectivity index (χ0n) is 33.2. The first-order valence-corrected chi connectivity index (χ1v) is 20.4. The van der Waals surface area contributed by atoms with Crippen LogP contribution in [-0.2, 0) is 41.5 Å². The maximum Gasteiger partial charge on any atom is 0.356 e. The van der Waals surface area contributed by atoms with Crippen molar-refractivity contribution < 1.29 is 53.0 Å². The molecular weight excluding hydrogens is 791 g/mol. The molecule has 0 aliphatic heterocycles. The Labute approximate surface area is 349 Å². The summed E-state index contributed by atoms with van der Waals surface area (Å²) in [6.07, 6.45) is -0.237. The first kappa shape index (κ1) is 48.5. The molecule has 0 spiro atoms. The lowest BCUT2D eigenvalue weighted by atomic mass is 10.3. The molecule has 0 amide bonds. The molecule has 0 fully saturated rings. The third-order valence-electron chi connectivity index (χ3n) is 8.18. The average Bonchev–Trinajstić information content (AvgIpc) is 3.24. The first-order chi connectivity index (χ1) is 28.4. The number of isothiocyanates is 1. The van der Waals surface area contributed by atoms with Gasteiger partial charge in [-0.1, -0.05) is 12.1 Å². The van der Waals surface area contributed by atoms with E-state index in [1.807, 2.05) is 34.1 Å². The molecule has 2 heterocycles. The molecule has 0 bridgehead atoms. The van der Waals surface area contributed by atoms with E-state index in [9.17, 15) is 19.8 Å². The van der Waals surface area contributed by atoms with Crippen molar-refractivity contribution >= 4 is 46.8 Å². The summed E-state index contributed by atoms with van der Waals surface area (Å²) >= 11 is 6.30. The van der Waals surface area contributed by atoms with Crippen molar-refractivity contribution in [2.75, 3.05) is 118 Å². The van der Waals surface area contributed by atoms with Crippen LogP contribution in [0, 0.1) is 0 Å². The fourth-order valence-electron chi connectivity index (χ4n) is 5.30. The van der Waals surface area contributed by atoms with Gasteiger partial charge in [-0.2, -0.15) is 16.8 Å². The van der Waals surface area contributed by atoms with Gasteiger partial charge in [-0.25, -0.2) is 19.6 Å². The van der Waals surface area contributed by atoms with Gasteiger partial charge in [-0.15, -0.1) is 0 Å². The van der Waals surface area contributed by atoms with Gasteiger partial charge in [0.05, 0.1) is 102 Å². The van der Waals surface area contributed by atoms with Gasteiger partial charge in [0.1, 0.15) is 23.7 Å². The summed E-state index contributed by atoms with van der Waals surface area (Å²) in [6, 6.07) is 17.6. The van der Waals surface area contributed by atoms with E-state index in [4.69, 9.17) is 33.2 Å². The Morgan fingerprint density at radius 2 is 1.31 bits per heavy atom. The second kappa shape index (κ2) is 30.2. The minimum atomic E-state index is -0.513. The predicted molar refractivity (Wildman–Crippen MR) is 222 cm³/mol. The van der Waals surface area contributed by atoms with Crippen LogP contribution >= 0.6 is 24.0 Å². The number of pyridine rings is 2. The van der Waals surface area contributed by atoms with Crippen molar-refractivity contribution in [3.63, 3.8) is 0 Å². The molecule has 0 saturated heterocycles. The highest BCUT2D eigenvalue weighted by Crippen LogP contribution is 2.17. The van der Waals surface area contributed by atoms with Crippen LogP contribution in [0.5, 0.6) is 5.75 Å². The van der Waals surface area contributed by atoms with Crippen LogP contribution < -0.4 is 4.74 Å². The second-order valence-corrected chi connectivity index (χ2v) is 13.8. The number of thioether (sulfide) groups is 1. The van der Waals surface area contributed by atoms with Crippen LogP contribution in [0.1, 0.15) is 32.4 Å². The Morgan fingerprint density at radius 1 is 0.741 bits per heavy atom. The SMILES string of the molecule is COC(=O)c1cccc(CN(CCO)CCOCC(CSCCOCCOCCOc2ccc(N=C=S)cc2)OCCN(CCO)Cc2cccc(C(=O)OC)n2)n1. The maximum atomic E-state index is 12.0. The molecule has 3 aromatic rings. The number of hydrogen-bond acceptors (Lipinski definition) is 18. The number of hydrogen-bond donors (Lipinski definition) is 2. The number of aliphatic hydroxyl groups is 2. The molecule has 0 aliphatic carbocycles. The molecule has 2 N–H and O–H groups in total. The Bertz CT molecular complexity index is 1650. The number of carbonyl (C=O) groups excluding carboxylic acids is 2.